The molecule has 1 aromatic heterocycles. The maximum absolute atomic E-state index is 12.2. The summed E-state index contributed by atoms with van der Waals surface area (Å²) in [6.07, 6.45) is 3.25. The standard InChI is InChI=1S/C14H17ClN4O/c1-10(2)13(9-19-16-7-8-17-19)18-14(20)11-3-5-12(15)6-4-11/h3-8,10,13H,9H2,1-2H3,(H,18,20). The summed E-state index contributed by atoms with van der Waals surface area (Å²) in [6.45, 7) is 4.65. The normalized spacial score (nSPS) is 12.4. The Morgan fingerprint density at radius 3 is 2.40 bits per heavy atom. The summed E-state index contributed by atoms with van der Waals surface area (Å²) in [7, 11) is 0. The molecule has 0 saturated heterocycles. The molecule has 1 N–H and O–H groups in total. The van der Waals surface area contributed by atoms with Gasteiger partial charge in [-0.15, -0.1) is 0 Å². The van der Waals surface area contributed by atoms with Crippen LogP contribution in [0.2, 0.25) is 5.02 Å². The lowest BCUT2D eigenvalue weighted by Crippen LogP contribution is -2.42. The molecule has 0 radical (unpaired) electrons. The average Bonchev–Trinajstić information content (AvgIpc) is 2.91. The maximum atomic E-state index is 12.2. The summed E-state index contributed by atoms with van der Waals surface area (Å²) in [5, 5.41) is 11.8. The van der Waals surface area contributed by atoms with E-state index in [1.165, 1.54) is 0 Å². The summed E-state index contributed by atoms with van der Waals surface area (Å²) in [6, 6.07) is 6.79. The van der Waals surface area contributed by atoms with E-state index in [0.29, 0.717) is 17.1 Å². The molecule has 2 aromatic rings. The van der Waals surface area contributed by atoms with Crippen molar-refractivity contribution < 1.29 is 4.79 Å². The predicted molar refractivity (Wildman–Crippen MR) is 77.6 cm³/mol. The molecule has 1 unspecified atom stereocenters. The highest BCUT2D eigenvalue weighted by molar-refractivity contribution is 6.30. The fourth-order valence-electron chi connectivity index (χ4n) is 1.79. The highest BCUT2D eigenvalue weighted by Crippen LogP contribution is 2.11. The minimum Gasteiger partial charge on any atom is -0.347 e. The van der Waals surface area contributed by atoms with Crippen molar-refractivity contribution in [3.8, 4) is 0 Å². The number of carbonyl (C=O) groups is 1. The van der Waals surface area contributed by atoms with Gasteiger partial charge in [-0.1, -0.05) is 25.4 Å². The number of rotatable bonds is 5. The lowest BCUT2D eigenvalue weighted by Gasteiger charge is -2.21. The molecule has 1 amide bonds. The van der Waals surface area contributed by atoms with Gasteiger partial charge in [-0.2, -0.15) is 15.0 Å². The van der Waals surface area contributed by atoms with Crippen molar-refractivity contribution in [3.05, 3.63) is 47.2 Å². The van der Waals surface area contributed by atoms with Crippen LogP contribution in [0.25, 0.3) is 0 Å². The molecule has 0 aliphatic carbocycles. The Morgan fingerprint density at radius 2 is 1.85 bits per heavy atom. The molecule has 0 aliphatic rings. The van der Waals surface area contributed by atoms with E-state index < -0.39 is 0 Å². The zero-order valence-electron chi connectivity index (χ0n) is 11.5. The zero-order chi connectivity index (χ0) is 14.5. The molecule has 0 spiro atoms. The van der Waals surface area contributed by atoms with Gasteiger partial charge >= 0.3 is 0 Å². The van der Waals surface area contributed by atoms with E-state index >= 15 is 0 Å². The van der Waals surface area contributed by atoms with Crippen molar-refractivity contribution in [1.29, 1.82) is 0 Å². The van der Waals surface area contributed by atoms with Crippen molar-refractivity contribution >= 4 is 17.5 Å². The third kappa shape index (κ3) is 3.81. The van der Waals surface area contributed by atoms with E-state index in [9.17, 15) is 4.79 Å². The molecule has 1 heterocycles. The zero-order valence-corrected chi connectivity index (χ0v) is 12.2. The summed E-state index contributed by atoms with van der Waals surface area (Å²) in [4.78, 5) is 13.8. The molecule has 20 heavy (non-hydrogen) atoms. The lowest BCUT2D eigenvalue weighted by molar-refractivity contribution is 0.0918. The van der Waals surface area contributed by atoms with E-state index in [4.69, 9.17) is 11.6 Å². The number of halogens is 1. The second-order valence-corrected chi connectivity index (χ2v) is 5.35. The van der Waals surface area contributed by atoms with E-state index in [2.05, 4.69) is 29.4 Å². The summed E-state index contributed by atoms with van der Waals surface area (Å²) >= 11 is 5.82. The number of nitrogens with zero attached hydrogens (tertiary/aromatic N) is 3. The fourth-order valence-corrected chi connectivity index (χ4v) is 1.92. The van der Waals surface area contributed by atoms with Gasteiger partial charge in [-0.05, 0) is 30.2 Å². The first-order valence-corrected chi connectivity index (χ1v) is 6.84. The Labute approximate surface area is 122 Å². The molecule has 0 fully saturated rings. The van der Waals surface area contributed by atoms with Crippen LogP contribution in [0.5, 0.6) is 0 Å². The van der Waals surface area contributed by atoms with Crippen LogP contribution in [-0.2, 0) is 6.54 Å². The average molecular weight is 293 g/mol. The van der Waals surface area contributed by atoms with Crippen molar-refractivity contribution in [1.82, 2.24) is 20.3 Å². The van der Waals surface area contributed by atoms with E-state index in [-0.39, 0.29) is 17.9 Å². The van der Waals surface area contributed by atoms with Crippen LogP contribution in [0.15, 0.2) is 36.7 Å². The van der Waals surface area contributed by atoms with Gasteiger partial charge < -0.3 is 5.32 Å². The summed E-state index contributed by atoms with van der Waals surface area (Å²) < 4.78 is 0. The lowest BCUT2D eigenvalue weighted by atomic mass is 10.0. The summed E-state index contributed by atoms with van der Waals surface area (Å²) in [5.74, 6) is 0.157. The fraction of sp³-hybridized carbons (Fsp3) is 0.357. The van der Waals surface area contributed by atoms with Gasteiger partial charge in [0.05, 0.1) is 25.0 Å². The Morgan fingerprint density at radius 1 is 1.25 bits per heavy atom. The first-order valence-electron chi connectivity index (χ1n) is 6.47. The quantitative estimate of drug-likeness (QED) is 0.920. The molecule has 2 rings (SSSR count). The number of nitrogens with one attached hydrogen (secondary N) is 1. The molecule has 0 bridgehead atoms. The van der Waals surface area contributed by atoms with E-state index in [0.717, 1.165) is 0 Å². The van der Waals surface area contributed by atoms with Crippen LogP contribution in [0.1, 0.15) is 24.2 Å². The van der Waals surface area contributed by atoms with Crippen LogP contribution in [0.3, 0.4) is 0 Å². The van der Waals surface area contributed by atoms with Crippen LogP contribution in [-0.4, -0.2) is 26.9 Å². The van der Waals surface area contributed by atoms with Gasteiger partial charge in [0.2, 0.25) is 0 Å². The van der Waals surface area contributed by atoms with Crippen molar-refractivity contribution in [3.63, 3.8) is 0 Å². The molecule has 6 heteroatoms. The van der Waals surface area contributed by atoms with Crippen LogP contribution < -0.4 is 5.32 Å². The first kappa shape index (κ1) is 14.5. The predicted octanol–water partition coefficient (Wildman–Crippen LogP) is 2.39. The molecule has 0 saturated carbocycles. The number of benzene rings is 1. The first-order chi connectivity index (χ1) is 9.56. The Bertz CT molecular complexity index is 551. The highest BCUT2D eigenvalue weighted by Gasteiger charge is 2.18. The SMILES string of the molecule is CC(C)C(Cn1nccn1)NC(=O)c1ccc(Cl)cc1. The number of carbonyl (C=O) groups excluding carboxylic acids is 1. The Hall–Kier alpha value is -1.88. The third-order valence-electron chi connectivity index (χ3n) is 3.05. The largest absolute Gasteiger partial charge is 0.347 e. The van der Waals surface area contributed by atoms with Gasteiger partial charge in [-0.25, -0.2) is 0 Å². The third-order valence-corrected chi connectivity index (χ3v) is 3.31. The van der Waals surface area contributed by atoms with Gasteiger partial charge in [-0.3, -0.25) is 4.79 Å². The molecule has 0 aliphatic heterocycles. The number of amides is 1. The van der Waals surface area contributed by atoms with E-state index in [1.54, 1.807) is 41.5 Å². The number of hydrogen-bond donors (Lipinski definition) is 1. The minimum atomic E-state index is -0.118. The molecule has 106 valence electrons. The van der Waals surface area contributed by atoms with Crippen molar-refractivity contribution in [2.45, 2.75) is 26.4 Å². The van der Waals surface area contributed by atoms with Crippen LogP contribution in [0.4, 0.5) is 0 Å². The van der Waals surface area contributed by atoms with Gasteiger partial charge in [0, 0.05) is 10.6 Å². The monoisotopic (exact) mass is 292 g/mol. The van der Waals surface area contributed by atoms with Crippen molar-refractivity contribution in [2.75, 3.05) is 0 Å². The number of hydrogen-bond acceptors (Lipinski definition) is 3. The second kappa shape index (κ2) is 6.52. The number of aromatic nitrogens is 3. The second-order valence-electron chi connectivity index (χ2n) is 4.91. The van der Waals surface area contributed by atoms with Gasteiger partial charge in [0.25, 0.3) is 5.91 Å². The van der Waals surface area contributed by atoms with Crippen LogP contribution in [0, 0.1) is 5.92 Å². The van der Waals surface area contributed by atoms with Gasteiger partial charge in [0.15, 0.2) is 0 Å². The molecular weight excluding hydrogens is 276 g/mol. The van der Waals surface area contributed by atoms with E-state index in [1.807, 2.05) is 0 Å². The topological polar surface area (TPSA) is 59.8 Å². The van der Waals surface area contributed by atoms with Crippen LogP contribution >= 0.6 is 11.6 Å². The van der Waals surface area contributed by atoms with Gasteiger partial charge in [0.1, 0.15) is 0 Å². The Kier molecular flexibility index (Phi) is 4.74. The maximum Gasteiger partial charge on any atom is 0.251 e. The molecular formula is C14H17ClN4O. The summed E-state index contributed by atoms with van der Waals surface area (Å²) in [5.41, 5.74) is 0.591. The minimum absolute atomic E-state index is 0.0365. The molecule has 5 nitrogen and oxygen atoms in total. The smallest absolute Gasteiger partial charge is 0.251 e. The molecule has 1 aromatic carbocycles. The Balaban J connectivity index is 2.04. The van der Waals surface area contributed by atoms with Crippen molar-refractivity contribution in [2.24, 2.45) is 5.92 Å². The highest BCUT2D eigenvalue weighted by atomic mass is 35.5. The molecule has 1 atom stereocenters.